The van der Waals surface area contributed by atoms with Crippen molar-refractivity contribution in [1.29, 1.82) is 0 Å². The summed E-state index contributed by atoms with van der Waals surface area (Å²) in [7, 11) is 0. The molecule has 2 aromatic rings. The van der Waals surface area contributed by atoms with Crippen LogP contribution in [0.25, 0.3) is 5.65 Å². The van der Waals surface area contributed by atoms with Gasteiger partial charge in [-0.05, 0) is 25.8 Å². The molecule has 0 unspecified atom stereocenters. The molecule has 7 nitrogen and oxygen atoms in total. The van der Waals surface area contributed by atoms with E-state index in [4.69, 9.17) is 9.47 Å². The van der Waals surface area contributed by atoms with Crippen LogP contribution in [0.5, 0.6) is 0 Å². The van der Waals surface area contributed by atoms with E-state index in [2.05, 4.69) is 15.0 Å². The van der Waals surface area contributed by atoms with E-state index in [0.29, 0.717) is 23.2 Å². The van der Waals surface area contributed by atoms with Crippen LogP contribution >= 0.6 is 0 Å². The monoisotopic (exact) mass is 316 g/mol. The fourth-order valence-corrected chi connectivity index (χ4v) is 3.28. The van der Waals surface area contributed by atoms with Gasteiger partial charge in [0.15, 0.2) is 5.65 Å². The molecule has 0 radical (unpaired) electrons. The van der Waals surface area contributed by atoms with Crippen LogP contribution in [-0.4, -0.2) is 53.5 Å². The molecule has 4 heterocycles. The molecule has 2 aromatic heterocycles. The van der Waals surface area contributed by atoms with E-state index in [9.17, 15) is 4.79 Å². The van der Waals surface area contributed by atoms with Gasteiger partial charge < -0.3 is 14.4 Å². The van der Waals surface area contributed by atoms with E-state index < -0.39 is 0 Å². The van der Waals surface area contributed by atoms with E-state index in [-0.39, 0.29) is 5.97 Å². The summed E-state index contributed by atoms with van der Waals surface area (Å²) in [6, 6.07) is 1.95. The van der Waals surface area contributed by atoms with Crippen LogP contribution in [0.1, 0.15) is 30.1 Å². The highest BCUT2D eigenvalue weighted by Crippen LogP contribution is 2.39. The van der Waals surface area contributed by atoms with Gasteiger partial charge in [-0.15, -0.1) is 0 Å². The second-order valence-electron chi connectivity index (χ2n) is 6.31. The van der Waals surface area contributed by atoms with Crippen molar-refractivity contribution < 1.29 is 14.3 Å². The molecule has 23 heavy (non-hydrogen) atoms. The molecule has 4 rings (SSSR count). The molecule has 2 aliphatic rings. The lowest BCUT2D eigenvalue weighted by Gasteiger charge is -2.47. The molecule has 2 aliphatic heterocycles. The Labute approximate surface area is 134 Å². The number of nitrogens with zero attached hydrogens (tertiary/aromatic N) is 4. The first-order valence-electron chi connectivity index (χ1n) is 8.05. The van der Waals surface area contributed by atoms with Gasteiger partial charge in [-0.3, -0.25) is 0 Å². The van der Waals surface area contributed by atoms with Crippen molar-refractivity contribution in [1.82, 2.24) is 14.6 Å². The van der Waals surface area contributed by atoms with Crippen LogP contribution in [0.15, 0.2) is 18.5 Å². The average molecular weight is 316 g/mol. The summed E-state index contributed by atoms with van der Waals surface area (Å²) in [5.41, 5.74) is 1.36. The number of hydrogen-bond donors (Lipinski definition) is 0. The Balaban J connectivity index is 1.58. The molecule has 2 fully saturated rings. The quantitative estimate of drug-likeness (QED) is 0.800. The highest BCUT2D eigenvalue weighted by atomic mass is 16.5. The third kappa shape index (κ3) is 2.45. The van der Waals surface area contributed by atoms with E-state index in [1.165, 1.54) is 6.20 Å². The minimum Gasteiger partial charge on any atom is -0.462 e. The lowest BCUT2D eigenvalue weighted by Crippen LogP contribution is -2.51. The number of fused-ring (bicyclic) bond motifs is 1. The van der Waals surface area contributed by atoms with Gasteiger partial charge >= 0.3 is 5.97 Å². The molecule has 0 bridgehead atoms. The standard InChI is InChI=1S/C16H20N4O3/c1-2-23-15(21)12-9-17-20-6-3-13(18-14(12)20)19-7-4-16(5-8-19)10-22-11-16/h3,6,9H,2,4-5,7-8,10-11H2,1H3. The molecule has 122 valence electrons. The van der Waals surface area contributed by atoms with Gasteiger partial charge in [0.2, 0.25) is 0 Å². The number of aromatic nitrogens is 3. The maximum absolute atomic E-state index is 12.0. The van der Waals surface area contributed by atoms with E-state index in [1.807, 2.05) is 12.3 Å². The van der Waals surface area contributed by atoms with Crippen molar-refractivity contribution in [2.24, 2.45) is 5.41 Å². The van der Waals surface area contributed by atoms with Crippen LogP contribution in [0.3, 0.4) is 0 Å². The molecule has 0 N–H and O–H groups in total. The summed E-state index contributed by atoms with van der Waals surface area (Å²) >= 11 is 0. The summed E-state index contributed by atoms with van der Waals surface area (Å²) in [5.74, 6) is 0.509. The Hall–Kier alpha value is -2.15. The lowest BCUT2D eigenvalue weighted by molar-refractivity contribution is -0.124. The summed E-state index contributed by atoms with van der Waals surface area (Å²) in [6.07, 6.45) is 5.62. The SMILES string of the molecule is CCOC(=O)c1cnn2ccc(N3CCC4(CC3)COC4)nc12. The first-order valence-corrected chi connectivity index (χ1v) is 8.05. The molecule has 0 atom stereocenters. The summed E-state index contributed by atoms with van der Waals surface area (Å²) in [6.45, 7) is 5.85. The Morgan fingerprint density at radius 2 is 2.17 bits per heavy atom. The number of ether oxygens (including phenoxy) is 2. The van der Waals surface area contributed by atoms with E-state index >= 15 is 0 Å². The molecule has 1 spiro atoms. The van der Waals surface area contributed by atoms with Gasteiger partial charge in [-0.25, -0.2) is 14.3 Å². The highest BCUT2D eigenvalue weighted by molar-refractivity contribution is 5.95. The van der Waals surface area contributed by atoms with Crippen molar-refractivity contribution in [3.8, 4) is 0 Å². The normalized spacial score (nSPS) is 19.8. The Morgan fingerprint density at radius 3 is 2.83 bits per heavy atom. The van der Waals surface area contributed by atoms with Crippen molar-refractivity contribution in [2.45, 2.75) is 19.8 Å². The Kier molecular flexibility index (Phi) is 3.45. The molecule has 0 aromatic carbocycles. The second kappa shape index (κ2) is 5.49. The molecule has 2 saturated heterocycles. The van der Waals surface area contributed by atoms with Crippen molar-refractivity contribution in [2.75, 3.05) is 37.8 Å². The Morgan fingerprint density at radius 1 is 1.39 bits per heavy atom. The topological polar surface area (TPSA) is 69.0 Å². The van der Waals surface area contributed by atoms with Gasteiger partial charge in [0.05, 0.1) is 26.0 Å². The number of anilines is 1. The van der Waals surface area contributed by atoms with E-state index in [1.54, 1.807) is 11.4 Å². The molecule has 0 aliphatic carbocycles. The number of esters is 1. The van der Waals surface area contributed by atoms with Crippen molar-refractivity contribution in [3.63, 3.8) is 0 Å². The molecule has 7 heteroatoms. The molecular weight excluding hydrogens is 296 g/mol. The largest absolute Gasteiger partial charge is 0.462 e. The fraction of sp³-hybridized carbons (Fsp3) is 0.562. The lowest BCUT2D eigenvalue weighted by atomic mass is 9.77. The van der Waals surface area contributed by atoms with Crippen LogP contribution in [0.2, 0.25) is 0 Å². The van der Waals surface area contributed by atoms with Gasteiger partial charge in [-0.1, -0.05) is 0 Å². The maximum atomic E-state index is 12.0. The first kappa shape index (κ1) is 14.4. The fourth-order valence-electron chi connectivity index (χ4n) is 3.28. The zero-order chi connectivity index (χ0) is 15.9. The first-order chi connectivity index (χ1) is 11.2. The number of carbonyl (C=O) groups excluding carboxylic acids is 1. The second-order valence-corrected chi connectivity index (χ2v) is 6.31. The minimum absolute atomic E-state index is 0.339. The predicted octanol–water partition coefficient (Wildman–Crippen LogP) is 1.52. The van der Waals surface area contributed by atoms with Crippen molar-refractivity contribution >= 4 is 17.4 Å². The third-order valence-electron chi connectivity index (χ3n) is 4.81. The van der Waals surface area contributed by atoms with Crippen LogP contribution < -0.4 is 4.90 Å². The zero-order valence-electron chi connectivity index (χ0n) is 13.2. The van der Waals surface area contributed by atoms with Gasteiger partial charge in [0.1, 0.15) is 11.4 Å². The van der Waals surface area contributed by atoms with Crippen LogP contribution in [0.4, 0.5) is 5.82 Å². The van der Waals surface area contributed by atoms with Gasteiger partial charge in [-0.2, -0.15) is 5.10 Å². The van der Waals surface area contributed by atoms with Crippen LogP contribution in [-0.2, 0) is 9.47 Å². The Bertz CT molecular complexity index is 728. The van der Waals surface area contributed by atoms with Crippen molar-refractivity contribution in [3.05, 3.63) is 24.0 Å². The highest BCUT2D eigenvalue weighted by Gasteiger charge is 2.41. The number of carbonyl (C=O) groups is 1. The summed E-state index contributed by atoms with van der Waals surface area (Å²) < 4.78 is 12.1. The van der Waals surface area contributed by atoms with E-state index in [0.717, 1.165) is 45.0 Å². The molecule has 0 saturated carbocycles. The third-order valence-corrected chi connectivity index (χ3v) is 4.81. The average Bonchev–Trinajstić information content (AvgIpc) is 2.97. The molecule has 0 amide bonds. The summed E-state index contributed by atoms with van der Waals surface area (Å²) in [5, 5.41) is 4.17. The smallest absolute Gasteiger partial charge is 0.343 e. The number of piperidine rings is 1. The zero-order valence-corrected chi connectivity index (χ0v) is 13.2. The maximum Gasteiger partial charge on any atom is 0.343 e. The van der Waals surface area contributed by atoms with Gasteiger partial charge in [0, 0.05) is 24.7 Å². The number of rotatable bonds is 3. The molecular formula is C16H20N4O3. The van der Waals surface area contributed by atoms with Gasteiger partial charge in [0.25, 0.3) is 0 Å². The minimum atomic E-state index is -0.378. The predicted molar refractivity (Wildman–Crippen MR) is 83.6 cm³/mol. The van der Waals surface area contributed by atoms with Crippen LogP contribution in [0, 0.1) is 5.41 Å². The number of hydrogen-bond acceptors (Lipinski definition) is 6. The summed E-state index contributed by atoms with van der Waals surface area (Å²) in [4.78, 5) is 18.9.